The Morgan fingerprint density at radius 2 is 2.21 bits per heavy atom. The fourth-order valence-corrected chi connectivity index (χ4v) is 3.46. The van der Waals surface area contributed by atoms with Crippen LogP contribution in [0.5, 0.6) is 0 Å². The van der Waals surface area contributed by atoms with Crippen molar-refractivity contribution in [2.75, 3.05) is 11.9 Å². The van der Waals surface area contributed by atoms with Gasteiger partial charge in [-0.2, -0.15) is 0 Å². The normalized spacial score (nSPS) is 12.7. The first-order valence-electron chi connectivity index (χ1n) is 6.08. The number of hydrogen-bond donors (Lipinski definition) is 1. The molecule has 3 aromatic rings. The van der Waals surface area contributed by atoms with Crippen molar-refractivity contribution in [3.63, 3.8) is 0 Å². The maximum atomic E-state index is 4.52. The summed E-state index contributed by atoms with van der Waals surface area (Å²) in [5.41, 5.74) is 1.09. The first kappa shape index (κ1) is 12.5. The van der Waals surface area contributed by atoms with Gasteiger partial charge < -0.3 is 5.32 Å². The van der Waals surface area contributed by atoms with E-state index in [0.29, 0.717) is 5.92 Å². The zero-order chi connectivity index (χ0) is 13.2. The SMILES string of the molecule is Cc1csc(C(C)CNc2ncnc3sccc23)n1. The van der Waals surface area contributed by atoms with Crippen LogP contribution in [-0.2, 0) is 0 Å². The highest BCUT2D eigenvalue weighted by molar-refractivity contribution is 7.16. The Labute approximate surface area is 119 Å². The Balaban J connectivity index is 1.74. The van der Waals surface area contributed by atoms with Crippen molar-refractivity contribution in [2.24, 2.45) is 0 Å². The molecular formula is C13H14N4S2. The van der Waals surface area contributed by atoms with Crippen molar-refractivity contribution in [1.29, 1.82) is 0 Å². The standard InChI is InChI=1S/C13H14N4S2/c1-8(12-17-9(2)6-19-12)5-14-11-10-3-4-18-13(10)16-7-15-11/h3-4,6-8H,5H2,1-2H3,(H,14,15,16). The van der Waals surface area contributed by atoms with Gasteiger partial charge in [0.2, 0.25) is 0 Å². The van der Waals surface area contributed by atoms with Crippen molar-refractivity contribution in [3.8, 4) is 0 Å². The van der Waals surface area contributed by atoms with E-state index in [0.717, 1.165) is 28.3 Å². The number of anilines is 1. The van der Waals surface area contributed by atoms with Crippen molar-refractivity contribution >= 4 is 38.7 Å². The van der Waals surface area contributed by atoms with E-state index >= 15 is 0 Å². The molecular weight excluding hydrogens is 276 g/mol. The Bertz CT molecular complexity index is 689. The van der Waals surface area contributed by atoms with Crippen LogP contribution in [0.3, 0.4) is 0 Å². The number of nitrogens with one attached hydrogen (secondary N) is 1. The van der Waals surface area contributed by atoms with E-state index in [-0.39, 0.29) is 0 Å². The van der Waals surface area contributed by atoms with Crippen molar-refractivity contribution in [1.82, 2.24) is 15.0 Å². The number of aromatic nitrogens is 3. The molecule has 1 atom stereocenters. The third kappa shape index (κ3) is 2.59. The molecule has 0 saturated heterocycles. The molecule has 6 heteroatoms. The summed E-state index contributed by atoms with van der Waals surface area (Å²) in [5.74, 6) is 1.29. The molecule has 0 aliphatic heterocycles. The quantitative estimate of drug-likeness (QED) is 0.796. The lowest BCUT2D eigenvalue weighted by atomic mass is 10.2. The Morgan fingerprint density at radius 3 is 3.00 bits per heavy atom. The smallest absolute Gasteiger partial charge is 0.138 e. The minimum absolute atomic E-state index is 0.377. The van der Waals surface area contributed by atoms with Gasteiger partial charge in [-0.25, -0.2) is 15.0 Å². The van der Waals surface area contributed by atoms with Gasteiger partial charge in [0, 0.05) is 23.5 Å². The molecule has 3 rings (SSSR count). The monoisotopic (exact) mass is 290 g/mol. The minimum atomic E-state index is 0.377. The minimum Gasteiger partial charge on any atom is -0.369 e. The van der Waals surface area contributed by atoms with Crippen LogP contribution in [0.15, 0.2) is 23.2 Å². The fourth-order valence-electron chi connectivity index (χ4n) is 1.87. The second kappa shape index (κ2) is 5.22. The number of nitrogens with zero attached hydrogens (tertiary/aromatic N) is 3. The summed E-state index contributed by atoms with van der Waals surface area (Å²) in [6.45, 7) is 5.03. The molecule has 0 aliphatic rings. The lowest BCUT2D eigenvalue weighted by Crippen LogP contribution is -2.11. The van der Waals surface area contributed by atoms with Gasteiger partial charge in [-0.1, -0.05) is 6.92 Å². The molecule has 0 saturated carbocycles. The molecule has 1 unspecified atom stereocenters. The Hall–Kier alpha value is -1.53. The highest BCUT2D eigenvalue weighted by Crippen LogP contribution is 2.25. The molecule has 3 heterocycles. The molecule has 0 bridgehead atoms. The van der Waals surface area contributed by atoms with Gasteiger partial charge >= 0.3 is 0 Å². The number of hydrogen-bond acceptors (Lipinski definition) is 6. The summed E-state index contributed by atoms with van der Waals surface area (Å²) in [7, 11) is 0. The second-order valence-corrected chi connectivity index (χ2v) is 6.26. The van der Waals surface area contributed by atoms with E-state index in [9.17, 15) is 0 Å². The van der Waals surface area contributed by atoms with Crippen molar-refractivity contribution in [2.45, 2.75) is 19.8 Å². The lowest BCUT2D eigenvalue weighted by molar-refractivity contribution is 0.789. The molecule has 98 valence electrons. The molecule has 0 fully saturated rings. The number of thiophene rings is 1. The number of fused-ring (bicyclic) bond motifs is 1. The van der Waals surface area contributed by atoms with Crippen LogP contribution >= 0.6 is 22.7 Å². The molecule has 19 heavy (non-hydrogen) atoms. The van der Waals surface area contributed by atoms with Crippen molar-refractivity contribution in [3.05, 3.63) is 33.9 Å². The van der Waals surface area contributed by atoms with Crippen LogP contribution in [-0.4, -0.2) is 21.5 Å². The molecule has 0 radical (unpaired) electrons. The molecule has 3 aromatic heterocycles. The van der Waals surface area contributed by atoms with E-state index in [1.54, 1.807) is 29.0 Å². The third-order valence-electron chi connectivity index (χ3n) is 2.90. The highest BCUT2D eigenvalue weighted by Gasteiger charge is 2.11. The summed E-state index contributed by atoms with van der Waals surface area (Å²) in [6.07, 6.45) is 1.61. The van der Waals surface area contributed by atoms with E-state index in [2.05, 4.69) is 38.6 Å². The molecule has 0 spiro atoms. The summed E-state index contributed by atoms with van der Waals surface area (Å²) in [6, 6.07) is 2.06. The molecule has 0 amide bonds. The van der Waals surface area contributed by atoms with Gasteiger partial charge in [0.25, 0.3) is 0 Å². The third-order valence-corrected chi connectivity index (χ3v) is 4.91. The summed E-state index contributed by atoms with van der Waals surface area (Å²) >= 11 is 3.35. The average Bonchev–Trinajstić information content (AvgIpc) is 3.04. The van der Waals surface area contributed by atoms with Gasteiger partial charge in [0.05, 0.1) is 10.4 Å². The Morgan fingerprint density at radius 1 is 1.32 bits per heavy atom. The lowest BCUT2D eigenvalue weighted by Gasteiger charge is -2.11. The van der Waals surface area contributed by atoms with E-state index < -0.39 is 0 Å². The van der Waals surface area contributed by atoms with Gasteiger partial charge in [-0.15, -0.1) is 22.7 Å². The van der Waals surface area contributed by atoms with Gasteiger partial charge in [-0.05, 0) is 18.4 Å². The largest absolute Gasteiger partial charge is 0.369 e. The predicted molar refractivity (Wildman–Crippen MR) is 81.2 cm³/mol. The maximum absolute atomic E-state index is 4.52. The first-order chi connectivity index (χ1) is 9.24. The van der Waals surface area contributed by atoms with Crippen LogP contribution in [0, 0.1) is 6.92 Å². The van der Waals surface area contributed by atoms with Gasteiger partial charge in [0.1, 0.15) is 17.0 Å². The first-order valence-corrected chi connectivity index (χ1v) is 7.84. The number of thiazole rings is 1. The van der Waals surface area contributed by atoms with Crippen LogP contribution in [0.25, 0.3) is 10.2 Å². The van der Waals surface area contributed by atoms with E-state index in [1.165, 1.54) is 5.01 Å². The Kier molecular flexibility index (Phi) is 3.44. The fraction of sp³-hybridized carbons (Fsp3) is 0.308. The number of rotatable bonds is 4. The predicted octanol–water partition coefficient (Wildman–Crippen LogP) is 3.67. The summed E-state index contributed by atoms with van der Waals surface area (Å²) in [5, 5.41) is 9.79. The van der Waals surface area contributed by atoms with Crippen molar-refractivity contribution < 1.29 is 0 Å². The van der Waals surface area contributed by atoms with Crippen LogP contribution in [0.1, 0.15) is 23.5 Å². The maximum Gasteiger partial charge on any atom is 0.138 e. The topological polar surface area (TPSA) is 50.7 Å². The summed E-state index contributed by atoms with van der Waals surface area (Å²) in [4.78, 5) is 14.1. The highest BCUT2D eigenvalue weighted by atomic mass is 32.1. The van der Waals surface area contributed by atoms with E-state index in [1.807, 2.05) is 12.3 Å². The summed E-state index contributed by atoms with van der Waals surface area (Å²) < 4.78 is 0. The molecule has 1 N–H and O–H groups in total. The average molecular weight is 290 g/mol. The van der Waals surface area contributed by atoms with Crippen LogP contribution < -0.4 is 5.32 Å². The second-order valence-electron chi connectivity index (χ2n) is 4.47. The zero-order valence-corrected chi connectivity index (χ0v) is 12.4. The van der Waals surface area contributed by atoms with Crippen LogP contribution in [0.2, 0.25) is 0 Å². The number of aryl methyl sites for hydroxylation is 1. The van der Waals surface area contributed by atoms with Gasteiger partial charge in [-0.3, -0.25) is 0 Å². The molecule has 4 nitrogen and oxygen atoms in total. The molecule has 0 aliphatic carbocycles. The van der Waals surface area contributed by atoms with E-state index in [4.69, 9.17) is 0 Å². The van der Waals surface area contributed by atoms with Gasteiger partial charge in [0.15, 0.2) is 0 Å². The van der Waals surface area contributed by atoms with Crippen LogP contribution in [0.4, 0.5) is 5.82 Å². The zero-order valence-electron chi connectivity index (χ0n) is 10.8. The molecule has 0 aromatic carbocycles.